The molecule has 2 nitrogen and oxygen atoms in total. The van der Waals surface area contributed by atoms with Gasteiger partial charge >= 0.3 is 0 Å². The van der Waals surface area contributed by atoms with Crippen molar-refractivity contribution in [2.24, 2.45) is 0 Å². The maximum Gasteiger partial charge on any atom is 0.0726 e. The van der Waals surface area contributed by atoms with E-state index in [0.29, 0.717) is 0 Å². The zero-order valence-electron chi connectivity index (χ0n) is 30.3. The predicted octanol–water partition coefficient (Wildman–Crippen LogP) is 14.5. The summed E-state index contributed by atoms with van der Waals surface area (Å²) in [7, 11) is 0. The minimum atomic E-state index is -0.491. The number of thiophene rings is 1. The number of rotatable bonds is 4. The maximum absolute atomic E-state index is 2.56. The van der Waals surface area contributed by atoms with Crippen molar-refractivity contribution >= 4 is 81.1 Å². The first-order valence-corrected chi connectivity index (χ1v) is 20.2. The first-order valence-electron chi connectivity index (χ1n) is 19.4. The molecule has 1 spiro atoms. The van der Waals surface area contributed by atoms with Gasteiger partial charge in [-0.25, -0.2) is 0 Å². The summed E-state index contributed by atoms with van der Waals surface area (Å²) >= 11 is 1.87. The number of para-hydroxylation sites is 2. The fourth-order valence-corrected chi connectivity index (χ4v) is 11.6. The third kappa shape index (κ3) is 3.75. The third-order valence-electron chi connectivity index (χ3n) is 12.5. The lowest BCUT2D eigenvalue weighted by Crippen LogP contribution is -2.30. The van der Waals surface area contributed by atoms with Gasteiger partial charge in [0.15, 0.2) is 0 Å². The molecule has 0 unspecified atom stereocenters. The van der Waals surface area contributed by atoms with Gasteiger partial charge in [0, 0.05) is 53.4 Å². The fraction of sp³-hybridized carbons (Fsp3) is 0.0189. The SMILES string of the molecule is c1ccc(N(c2ccccc2)c2cc3c4c5c(cccc25)C2(c5ccccc5-c5ccccc52)c2cccc(c24)n3-c2ccc3sc4ccccc4c3c2)cc1. The van der Waals surface area contributed by atoms with Gasteiger partial charge in [0.05, 0.1) is 22.1 Å². The standard InChI is InChI=1S/C53H32N2S/c1-3-15-33(16-4-1)54(34-17-5-2-6-18-34)46-32-47-52-50-39(46)22-13-25-43(50)53(41-23-10-7-19-36(41)37-20-8-11-24-42(37)53)44-26-14-27-45(51(44)52)55(47)35-29-30-49-40(31-35)38-21-9-12-28-48(38)56-49/h1-32H. The van der Waals surface area contributed by atoms with Crippen LogP contribution in [0.15, 0.2) is 194 Å². The van der Waals surface area contributed by atoms with Crippen LogP contribution in [-0.2, 0) is 5.41 Å². The summed E-state index contributed by atoms with van der Waals surface area (Å²) in [5.41, 5.74) is 14.6. The van der Waals surface area contributed by atoms with Gasteiger partial charge in [0.1, 0.15) is 0 Å². The number of aromatic nitrogens is 1. The minimum Gasteiger partial charge on any atom is -0.310 e. The molecule has 0 fully saturated rings. The largest absolute Gasteiger partial charge is 0.310 e. The van der Waals surface area contributed by atoms with Crippen LogP contribution < -0.4 is 4.90 Å². The lowest BCUT2D eigenvalue weighted by Gasteiger charge is -2.38. The molecule has 260 valence electrons. The molecule has 0 atom stereocenters. The van der Waals surface area contributed by atoms with Gasteiger partial charge in [0.2, 0.25) is 0 Å². The van der Waals surface area contributed by atoms with Crippen molar-refractivity contribution in [2.45, 2.75) is 5.41 Å². The Labute approximate surface area is 327 Å². The monoisotopic (exact) mass is 728 g/mol. The van der Waals surface area contributed by atoms with Gasteiger partial charge in [-0.15, -0.1) is 11.3 Å². The Bertz CT molecular complexity index is 3340. The highest BCUT2D eigenvalue weighted by molar-refractivity contribution is 7.25. The molecular formula is C53H32N2S. The summed E-state index contributed by atoms with van der Waals surface area (Å²) < 4.78 is 5.19. The van der Waals surface area contributed by atoms with Crippen LogP contribution in [0.4, 0.5) is 17.1 Å². The highest BCUT2D eigenvalue weighted by atomic mass is 32.1. The number of anilines is 3. The van der Waals surface area contributed by atoms with Crippen molar-refractivity contribution in [3.63, 3.8) is 0 Å². The van der Waals surface area contributed by atoms with Gasteiger partial charge in [-0.2, -0.15) is 0 Å². The molecule has 0 radical (unpaired) electrons. The molecule has 0 saturated heterocycles. The van der Waals surface area contributed by atoms with Gasteiger partial charge in [-0.3, -0.25) is 0 Å². The van der Waals surface area contributed by atoms with Gasteiger partial charge in [-0.1, -0.05) is 133 Å². The Morgan fingerprint density at radius 1 is 0.393 bits per heavy atom. The molecule has 0 N–H and O–H groups in total. The van der Waals surface area contributed by atoms with Crippen LogP contribution in [0.2, 0.25) is 0 Å². The van der Waals surface area contributed by atoms with E-state index in [1.165, 1.54) is 91.8 Å². The van der Waals surface area contributed by atoms with Gasteiger partial charge < -0.3 is 9.47 Å². The molecule has 2 aliphatic carbocycles. The number of hydrogen-bond acceptors (Lipinski definition) is 2. The summed E-state index contributed by atoms with van der Waals surface area (Å²) in [6, 6.07) is 72.5. The molecule has 2 aliphatic rings. The van der Waals surface area contributed by atoms with E-state index in [9.17, 15) is 0 Å². The summed E-state index contributed by atoms with van der Waals surface area (Å²) in [6.07, 6.45) is 0. The Hall–Kier alpha value is -6.94. The molecule has 0 saturated carbocycles. The van der Waals surface area contributed by atoms with E-state index in [-0.39, 0.29) is 0 Å². The second kappa shape index (κ2) is 11.1. The molecule has 9 aromatic carbocycles. The maximum atomic E-state index is 2.56. The topological polar surface area (TPSA) is 8.17 Å². The lowest BCUT2D eigenvalue weighted by molar-refractivity contribution is 0.783. The van der Waals surface area contributed by atoms with Crippen LogP contribution in [0.3, 0.4) is 0 Å². The molecule has 11 aromatic rings. The van der Waals surface area contributed by atoms with Crippen LogP contribution in [0.5, 0.6) is 0 Å². The molecule has 0 amide bonds. The van der Waals surface area contributed by atoms with E-state index < -0.39 is 5.41 Å². The molecule has 56 heavy (non-hydrogen) atoms. The minimum absolute atomic E-state index is 0.491. The fourth-order valence-electron chi connectivity index (χ4n) is 10.5. The highest BCUT2D eigenvalue weighted by Gasteiger charge is 2.50. The van der Waals surface area contributed by atoms with E-state index in [0.717, 1.165) is 17.1 Å². The first-order chi connectivity index (χ1) is 27.8. The average molecular weight is 729 g/mol. The molecule has 3 heteroatoms. The van der Waals surface area contributed by atoms with Crippen molar-refractivity contribution in [3.05, 3.63) is 216 Å². The Balaban J connectivity index is 1.25. The molecule has 2 heterocycles. The van der Waals surface area contributed by atoms with Crippen molar-refractivity contribution in [3.8, 4) is 16.8 Å². The summed E-state index contributed by atoms with van der Waals surface area (Å²) in [5, 5.41) is 7.85. The van der Waals surface area contributed by atoms with Crippen LogP contribution in [0.25, 0.3) is 69.6 Å². The third-order valence-corrected chi connectivity index (χ3v) is 13.7. The van der Waals surface area contributed by atoms with Crippen molar-refractivity contribution in [1.82, 2.24) is 4.57 Å². The highest BCUT2D eigenvalue weighted by Crippen LogP contribution is 2.63. The van der Waals surface area contributed by atoms with Crippen LogP contribution in [0, 0.1) is 0 Å². The quantitative estimate of drug-likeness (QED) is 0.175. The van der Waals surface area contributed by atoms with E-state index >= 15 is 0 Å². The van der Waals surface area contributed by atoms with E-state index in [2.05, 4.69) is 204 Å². The van der Waals surface area contributed by atoms with E-state index in [1.807, 2.05) is 11.3 Å². The number of fused-ring (bicyclic) bond motifs is 10. The molecule has 2 aromatic heterocycles. The Morgan fingerprint density at radius 2 is 0.964 bits per heavy atom. The average Bonchev–Trinajstić information content (AvgIpc) is 3.90. The van der Waals surface area contributed by atoms with Crippen molar-refractivity contribution < 1.29 is 0 Å². The second-order valence-corrected chi connectivity index (χ2v) is 16.3. The number of hydrogen-bond donors (Lipinski definition) is 0. The normalized spacial score (nSPS) is 13.5. The molecule has 0 bridgehead atoms. The number of nitrogens with zero attached hydrogens (tertiary/aromatic N) is 2. The lowest BCUT2D eigenvalue weighted by atomic mass is 9.63. The van der Waals surface area contributed by atoms with Crippen LogP contribution in [-0.4, -0.2) is 4.57 Å². The summed E-state index contributed by atoms with van der Waals surface area (Å²) in [6.45, 7) is 0. The molecule has 0 aliphatic heterocycles. The second-order valence-electron chi connectivity index (χ2n) is 15.2. The van der Waals surface area contributed by atoms with Crippen LogP contribution in [0.1, 0.15) is 22.3 Å². The Kier molecular flexibility index (Phi) is 6.01. The molecular weight excluding hydrogens is 697 g/mol. The zero-order valence-corrected chi connectivity index (χ0v) is 31.1. The first kappa shape index (κ1) is 30.4. The predicted molar refractivity (Wildman–Crippen MR) is 237 cm³/mol. The van der Waals surface area contributed by atoms with Crippen molar-refractivity contribution in [1.29, 1.82) is 0 Å². The summed E-state index contributed by atoms with van der Waals surface area (Å²) in [5.74, 6) is 0. The Morgan fingerprint density at radius 3 is 1.70 bits per heavy atom. The van der Waals surface area contributed by atoms with Gasteiger partial charge in [-0.05, 0) is 99.4 Å². The number of benzene rings is 9. The molecule has 13 rings (SSSR count). The van der Waals surface area contributed by atoms with E-state index in [4.69, 9.17) is 0 Å². The van der Waals surface area contributed by atoms with Gasteiger partial charge in [0.25, 0.3) is 0 Å². The zero-order chi connectivity index (χ0) is 36.5. The van der Waals surface area contributed by atoms with Crippen molar-refractivity contribution in [2.75, 3.05) is 4.90 Å². The van der Waals surface area contributed by atoms with E-state index in [1.54, 1.807) is 0 Å². The smallest absolute Gasteiger partial charge is 0.0726 e. The van der Waals surface area contributed by atoms with Crippen LogP contribution >= 0.6 is 11.3 Å². The summed E-state index contributed by atoms with van der Waals surface area (Å²) in [4.78, 5) is 2.45.